The van der Waals surface area contributed by atoms with Crippen molar-refractivity contribution in [3.05, 3.63) is 52.1 Å². The van der Waals surface area contributed by atoms with Crippen molar-refractivity contribution in [2.24, 2.45) is 0 Å². The van der Waals surface area contributed by atoms with Crippen LogP contribution in [-0.4, -0.2) is 23.9 Å². The Hall–Kier alpha value is -3.02. The summed E-state index contributed by atoms with van der Waals surface area (Å²) in [4.78, 5) is 47.5. The number of carbonyl (C=O) groups is 4. The quantitative estimate of drug-likeness (QED) is 0.520. The van der Waals surface area contributed by atoms with Gasteiger partial charge >= 0.3 is 23.9 Å². The standard InChI is InChI=1S/C15H6O6/c16-12-6-1-2-8-11-9(15(19)21-14(8)18)4-3-7(10(11)5-6)13(17)20-12/h1-4H,5H2. The third kappa shape index (κ3) is 1.47. The second-order valence-corrected chi connectivity index (χ2v) is 4.82. The van der Waals surface area contributed by atoms with E-state index >= 15 is 0 Å². The van der Waals surface area contributed by atoms with E-state index < -0.39 is 23.9 Å². The maximum absolute atomic E-state index is 12.0. The molecule has 1 aromatic carbocycles. The molecule has 0 aromatic heterocycles. The minimum atomic E-state index is -0.787. The van der Waals surface area contributed by atoms with Crippen LogP contribution in [-0.2, 0) is 25.5 Å². The molecule has 0 spiro atoms. The van der Waals surface area contributed by atoms with E-state index in [2.05, 4.69) is 4.74 Å². The fourth-order valence-electron chi connectivity index (χ4n) is 2.73. The molecule has 6 heteroatoms. The summed E-state index contributed by atoms with van der Waals surface area (Å²) in [7, 11) is 0. The lowest BCUT2D eigenvalue weighted by Gasteiger charge is -2.20. The zero-order valence-electron chi connectivity index (χ0n) is 10.5. The summed E-state index contributed by atoms with van der Waals surface area (Å²) in [5.74, 6) is -3.08. The third-order valence-electron chi connectivity index (χ3n) is 3.69. The van der Waals surface area contributed by atoms with Gasteiger partial charge in [0.25, 0.3) is 0 Å². The predicted molar refractivity (Wildman–Crippen MR) is 67.1 cm³/mol. The van der Waals surface area contributed by atoms with Gasteiger partial charge in [-0.25, -0.2) is 19.2 Å². The normalized spacial score (nSPS) is 19.0. The van der Waals surface area contributed by atoms with Gasteiger partial charge in [-0.3, -0.25) is 0 Å². The highest BCUT2D eigenvalue weighted by Crippen LogP contribution is 2.37. The number of allylic oxidation sites excluding steroid dienone is 2. The Morgan fingerprint density at radius 3 is 2.24 bits per heavy atom. The van der Waals surface area contributed by atoms with E-state index in [4.69, 9.17) is 4.74 Å². The minimum absolute atomic E-state index is 0.129. The van der Waals surface area contributed by atoms with Crippen molar-refractivity contribution in [2.75, 3.05) is 0 Å². The van der Waals surface area contributed by atoms with E-state index in [1.165, 1.54) is 24.3 Å². The molecule has 102 valence electrons. The van der Waals surface area contributed by atoms with Crippen molar-refractivity contribution >= 4 is 29.5 Å². The van der Waals surface area contributed by atoms with Gasteiger partial charge in [-0.15, -0.1) is 0 Å². The molecule has 2 bridgehead atoms. The molecule has 2 heterocycles. The highest BCUT2D eigenvalue weighted by Gasteiger charge is 2.37. The van der Waals surface area contributed by atoms with Crippen LogP contribution in [0.3, 0.4) is 0 Å². The van der Waals surface area contributed by atoms with Crippen LogP contribution >= 0.6 is 0 Å². The van der Waals surface area contributed by atoms with Crippen LogP contribution in [0.2, 0.25) is 0 Å². The molecule has 6 nitrogen and oxygen atoms in total. The lowest BCUT2D eigenvalue weighted by molar-refractivity contribution is -0.134. The first-order valence-electron chi connectivity index (χ1n) is 6.16. The lowest BCUT2D eigenvalue weighted by atomic mass is 9.88. The first kappa shape index (κ1) is 11.8. The van der Waals surface area contributed by atoms with Crippen LogP contribution in [0, 0.1) is 0 Å². The van der Waals surface area contributed by atoms with Gasteiger partial charge < -0.3 is 9.47 Å². The summed E-state index contributed by atoms with van der Waals surface area (Å²) in [6.07, 6.45) is 2.96. The molecule has 0 fully saturated rings. The summed E-state index contributed by atoms with van der Waals surface area (Å²) in [5, 5.41) is 0. The summed E-state index contributed by atoms with van der Waals surface area (Å²) in [6, 6.07) is 2.81. The molecule has 2 aliphatic heterocycles. The molecular weight excluding hydrogens is 276 g/mol. The third-order valence-corrected chi connectivity index (χ3v) is 3.69. The van der Waals surface area contributed by atoms with Crippen LogP contribution in [0.4, 0.5) is 0 Å². The first-order chi connectivity index (χ1) is 10.1. The van der Waals surface area contributed by atoms with Gasteiger partial charge in [0.2, 0.25) is 0 Å². The topological polar surface area (TPSA) is 86.7 Å². The van der Waals surface area contributed by atoms with Crippen LogP contribution in [0.1, 0.15) is 31.8 Å². The van der Waals surface area contributed by atoms with Crippen molar-refractivity contribution in [2.45, 2.75) is 6.42 Å². The van der Waals surface area contributed by atoms with Crippen LogP contribution < -0.4 is 0 Å². The average molecular weight is 282 g/mol. The number of hydrogen-bond donors (Lipinski definition) is 0. The number of carbonyl (C=O) groups excluding carboxylic acids is 4. The Bertz CT molecular complexity index is 840. The molecule has 3 aliphatic rings. The van der Waals surface area contributed by atoms with Crippen molar-refractivity contribution in [3.8, 4) is 0 Å². The fourth-order valence-corrected chi connectivity index (χ4v) is 2.73. The number of benzene rings is 1. The zero-order valence-corrected chi connectivity index (χ0v) is 10.5. The molecule has 1 aliphatic carbocycles. The molecule has 21 heavy (non-hydrogen) atoms. The van der Waals surface area contributed by atoms with Crippen LogP contribution in [0.25, 0.3) is 5.57 Å². The van der Waals surface area contributed by atoms with E-state index in [0.717, 1.165) is 0 Å². The fraction of sp³-hybridized carbons (Fsp3) is 0.0667. The van der Waals surface area contributed by atoms with E-state index in [1.54, 1.807) is 0 Å². The summed E-state index contributed by atoms with van der Waals surface area (Å²) < 4.78 is 9.40. The van der Waals surface area contributed by atoms with E-state index in [-0.39, 0.29) is 28.7 Å². The van der Waals surface area contributed by atoms with Crippen molar-refractivity contribution in [1.29, 1.82) is 0 Å². The van der Waals surface area contributed by atoms with E-state index in [0.29, 0.717) is 11.1 Å². The summed E-state index contributed by atoms with van der Waals surface area (Å²) in [5.41, 5.74) is 1.60. The van der Waals surface area contributed by atoms with Gasteiger partial charge in [0.1, 0.15) is 0 Å². The molecule has 1 aromatic rings. The molecule has 0 amide bonds. The highest BCUT2D eigenvalue weighted by atomic mass is 16.6. The van der Waals surface area contributed by atoms with Crippen molar-refractivity contribution in [1.82, 2.24) is 0 Å². The van der Waals surface area contributed by atoms with E-state index in [1.807, 2.05) is 0 Å². The largest absolute Gasteiger partial charge is 0.386 e. The van der Waals surface area contributed by atoms with Gasteiger partial charge in [-0.2, -0.15) is 0 Å². The Morgan fingerprint density at radius 1 is 0.762 bits per heavy atom. The number of rotatable bonds is 0. The molecule has 0 radical (unpaired) electrons. The maximum Gasteiger partial charge on any atom is 0.346 e. The summed E-state index contributed by atoms with van der Waals surface area (Å²) >= 11 is 0. The highest BCUT2D eigenvalue weighted by molar-refractivity contribution is 6.27. The Balaban J connectivity index is 2.15. The lowest BCUT2D eigenvalue weighted by Crippen LogP contribution is -2.24. The molecule has 4 rings (SSSR count). The minimum Gasteiger partial charge on any atom is -0.386 e. The zero-order chi connectivity index (χ0) is 14.7. The van der Waals surface area contributed by atoms with Crippen molar-refractivity contribution < 1.29 is 28.7 Å². The summed E-state index contributed by atoms with van der Waals surface area (Å²) in [6.45, 7) is 0. The molecule has 0 unspecified atom stereocenters. The molecule has 0 saturated carbocycles. The Labute approximate surface area is 117 Å². The molecule has 0 saturated heterocycles. The smallest absolute Gasteiger partial charge is 0.346 e. The number of cyclic esters (lactones) is 4. The Morgan fingerprint density at radius 2 is 1.43 bits per heavy atom. The van der Waals surface area contributed by atoms with Gasteiger partial charge in [-0.05, 0) is 23.8 Å². The number of ether oxygens (including phenoxy) is 2. The molecule has 0 N–H and O–H groups in total. The molecule has 0 atom stereocenters. The predicted octanol–water partition coefficient (Wildman–Crippen LogP) is 0.946. The Kier molecular flexibility index (Phi) is 2.11. The van der Waals surface area contributed by atoms with Gasteiger partial charge in [0, 0.05) is 17.6 Å². The number of fused-ring (bicyclic) bond motifs is 1. The monoisotopic (exact) mass is 282 g/mol. The molecular formula is C15H6O6. The number of esters is 4. The SMILES string of the molecule is O=C1OC(=O)c2ccc3c4c2CC1=CC=C4C(=O)OC3=O. The van der Waals surface area contributed by atoms with Crippen LogP contribution in [0.5, 0.6) is 0 Å². The van der Waals surface area contributed by atoms with Gasteiger partial charge in [0.05, 0.1) is 16.7 Å². The average Bonchev–Trinajstić information content (AvgIpc) is 2.70. The second-order valence-electron chi connectivity index (χ2n) is 4.82. The van der Waals surface area contributed by atoms with E-state index in [9.17, 15) is 19.2 Å². The van der Waals surface area contributed by atoms with Crippen molar-refractivity contribution in [3.63, 3.8) is 0 Å². The van der Waals surface area contributed by atoms with Crippen LogP contribution in [0.15, 0.2) is 29.9 Å². The maximum atomic E-state index is 12.0. The first-order valence-corrected chi connectivity index (χ1v) is 6.16. The number of hydrogen-bond acceptors (Lipinski definition) is 6. The second kappa shape index (κ2) is 3.76. The van der Waals surface area contributed by atoms with Gasteiger partial charge in [0.15, 0.2) is 0 Å². The van der Waals surface area contributed by atoms with Gasteiger partial charge in [-0.1, -0.05) is 6.08 Å².